The Hall–Kier alpha value is -2.31. The lowest BCUT2D eigenvalue weighted by atomic mass is 9.79. The minimum absolute atomic E-state index is 0.0367. The number of halogens is 2. The Morgan fingerprint density at radius 3 is 2.56 bits per heavy atom. The van der Waals surface area contributed by atoms with Crippen molar-refractivity contribution in [1.29, 1.82) is 0 Å². The summed E-state index contributed by atoms with van der Waals surface area (Å²) >= 11 is 7.55. The molecule has 0 N–H and O–H groups in total. The Kier molecular flexibility index (Phi) is 6.12. The van der Waals surface area contributed by atoms with Crippen LogP contribution in [0.1, 0.15) is 56.7 Å². The SMILES string of the molecule is CCN1c2cc(Cl)c(/C=C3/SC(=O)N(Cc4ccc(F)cc4)C3=O)cc2C(C)CC1(C)C. The molecule has 32 heavy (non-hydrogen) atoms. The fourth-order valence-electron chi connectivity index (χ4n) is 4.78. The van der Waals surface area contributed by atoms with Gasteiger partial charge < -0.3 is 4.90 Å². The molecule has 0 aliphatic carbocycles. The lowest BCUT2D eigenvalue weighted by Crippen LogP contribution is -2.48. The van der Waals surface area contributed by atoms with Crippen LogP contribution in [-0.2, 0) is 11.3 Å². The number of amides is 2. The molecule has 0 spiro atoms. The lowest BCUT2D eigenvalue weighted by Gasteiger charge is -2.47. The highest BCUT2D eigenvalue weighted by Gasteiger charge is 2.37. The average molecular weight is 473 g/mol. The summed E-state index contributed by atoms with van der Waals surface area (Å²) in [6.45, 7) is 9.83. The van der Waals surface area contributed by atoms with E-state index < -0.39 is 0 Å². The van der Waals surface area contributed by atoms with Crippen LogP contribution >= 0.6 is 23.4 Å². The Morgan fingerprint density at radius 1 is 1.22 bits per heavy atom. The summed E-state index contributed by atoms with van der Waals surface area (Å²) in [6, 6.07) is 9.81. The first-order valence-electron chi connectivity index (χ1n) is 10.7. The molecule has 0 aromatic heterocycles. The normalized spacial score (nSPS) is 21.4. The highest BCUT2D eigenvalue weighted by molar-refractivity contribution is 8.18. The zero-order chi connectivity index (χ0) is 23.2. The molecule has 0 radical (unpaired) electrons. The maximum absolute atomic E-state index is 13.2. The zero-order valence-corrected chi connectivity index (χ0v) is 20.2. The van der Waals surface area contributed by atoms with Crippen molar-refractivity contribution < 1.29 is 14.0 Å². The molecule has 0 saturated carbocycles. The van der Waals surface area contributed by atoms with Gasteiger partial charge in [0.05, 0.1) is 11.4 Å². The molecule has 2 heterocycles. The van der Waals surface area contributed by atoms with Gasteiger partial charge in [0.25, 0.3) is 11.1 Å². The van der Waals surface area contributed by atoms with Crippen LogP contribution in [0.2, 0.25) is 5.02 Å². The quantitative estimate of drug-likeness (QED) is 0.457. The molecular weight excluding hydrogens is 447 g/mol. The Balaban J connectivity index is 1.64. The largest absolute Gasteiger partial charge is 0.366 e. The third kappa shape index (κ3) is 4.18. The summed E-state index contributed by atoms with van der Waals surface area (Å²) < 4.78 is 13.2. The molecule has 2 amide bonds. The molecule has 1 unspecified atom stereocenters. The van der Waals surface area contributed by atoms with E-state index >= 15 is 0 Å². The molecule has 0 bridgehead atoms. The molecule has 4 nitrogen and oxygen atoms in total. The first-order chi connectivity index (χ1) is 15.1. The van der Waals surface area contributed by atoms with E-state index in [2.05, 4.69) is 32.6 Å². The van der Waals surface area contributed by atoms with Crippen LogP contribution in [0.5, 0.6) is 0 Å². The summed E-state index contributed by atoms with van der Waals surface area (Å²) in [7, 11) is 0. The van der Waals surface area contributed by atoms with Crippen molar-refractivity contribution in [3.05, 3.63) is 68.8 Å². The molecule has 1 saturated heterocycles. The monoisotopic (exact) mass is 472 g/mol. The highest BCUT2D eigenvalue weighted by atomic mass is 35.5. The lowest BCUT2D eigenvalue weighted by molar-refractivity contribution is -0.123. The molecule has 1 fully saturated rings. The van der Waals surface area contributed by atoms with Crippen LogP contribution in [0.25, 0.3) is 6.08 Å². The van der Waals surface area contributed by atoms with E-state index in [1.807, 2.05) is 12.1 Å². The van der Waals surface area contributed by atoms with Gasteiger partial charge in [-0.15, -0.1) is 0 Å². The van der Waals surface area contributed by atoms with Gasteiger partial charge in [0, 0.05) is 22.8 Å². The number of hydrogen-bond donors (Lipinski definition) is 0. The third-order valence-corrected chi connectivity index (χ3v) is 7.47. The zero-order valence-electron chi connectivity index (χ0n) is 18.6. The molecule has 1 atom stereocenters. The molecule has 2 aromatic rings. The first-order valence-corrected chi connectivity index (χ1v) is 11.9. The molecule has 2 aromatic carbocycles. The van der Waals surface area contributed by atoms with Crippen molar-refractivity contribution >= 4 is 46.3 Å². The molecule has 168 valence electrons. The van der Waals surface area contributed by atoms with Crippen molar-refractivity contribution in [3.63, 3.8) is 0 Å². The molecular formula is C25H26ClFN2O2S. The van der Waals surface area contributed by atoms with E-state index in [1.54, 1.807) is 18.2 Å². The Morgan fingerprint density at radius 2 is 1.91 bits per heavy atom. The van der Waals surface area contributed by atoms with Gasteiger partial charge in [-0.1, -0.05) is 30.7 Å². The second-order valence-corrected chi connectivity index (χ2v) is 10.4. The molecule has 4 rings (SSSR count). The number of hydrogen-bond acceptors (Lipinski definition) is 4. The molecule has 7 heteroatoms. The molecule has 2 aliphatic rings. The van der Waals surface area contributed by atoms with E-state index in [9.17, 15) is 14.0 Å². The summed E-state index contributed by atoms with van der Waals surface area (Å²) in [5.41, 5.74) is 3.79. The summed E-state index contributed by atoms with van der Waals surface area (Å²) in [5, 5.41) is 0.212. The average Bonchev–Trinajstić information content (AvgIpc) is 2.98. The van der Waals surface area contributed by atoms with E-state index in [0.29, 0.717) is 21.4 Å². The number of carbonyl (C=O) groups excluding carboxylic acids is 2. The summed E-state index contributed by atoms with van der Waals surface area (Å²) in [4.78, 5) is 29.3. The van der Waals surface area contributed by atoms with E-state index in [0.717, 1.165) is 36.0 Å². The maximum atomic E-state index is 13.2. The Bertz CT molecular complexity index is 1110. The minimum Gasteiger partial charge on any atom is -0.366 e. The van der Waals surface area contributed by atoms with Crippen LogP contribution in [-0.4, -0.2) is 28.1 Å². The van der Waals surface area contributed by atoms with E-state index in [-0.39, 0.29) is 29.0 Å². The van der Waals surface area contributed by atoms with Gasteiger partial charge in [-0.25, -0.2) is 4.39 Å². The highest BCUT2D eigenvalue weighted by Crippen LogP contribution is 2.46. The van der Waals surface area contributed by atoms with Gasteiger partial charge in [0.1, 0.15) is 5.82 Å². The number of fused-ring (bicyclic) bond motifs is 1. The van der Waals surface area contributed by atoms with Crippen LogP contribution in [0.15, 0.2) is 41.3 Å². The van der Waals surface area contributed by atoms with Gasteiger partial charge >= 0.3 is 0 Å². The summed E-state index contributed by atoms with van der Waals surface area (Å²) in [6.07, 6.45) is 2.73. The van der Waals surface area contributed by atoms with Crippen molar-refractivity contribution in [2.75, 3.05) is 11.4 Å². The Labute approximate surface area is 197 Å². The number of rotatable bonds is 4. The number of carbonyl (C=O) groups is 2. The van der Waals surface area contributed by atoms with Gasteiger partial charge in [0.15, 0.2) is 0 Å². The van der Waals surface area contributed by atoms with Crippen LogP contribution in [0, 0.1) is 5.82 Å². The fraction of sp³-hybridized carbons (Fsp3) is 0.360. The van der Waals surface area contributed by atoms with E-state index in [4.69, 9.17) is 11.6 Å². The van der Waals surface area contributed by atoms with Gasteiger partial charge in [0.2, 0.25) is 0 Å². The number of anilines is 1. The standard InChI is InChI=1S/C25H26ClFN2O2S/c1-5-29-21-12-20(26)17(10-19(21)15(2)13-25(29,3)4)11-22-23(30)28(24(31)32-22)14-16-6-8-18(27)9-7-16/h6-12,15H,5,13-14H2,1-4H3/b22-11+. The van der Waals surface area contributed by atoms with Crippen LogP contribution < -0.4 is 4.90 Å². The number of imide groups is 1. The number of thioether (sulfide) groups is 1. The smallest absolute Gasteiger partial charge is 0.293 e. The van der Waals surface area contributed by atoms with Crippen molar-refractivity contribution in [1.82, 2.24) is 4.90 Å². The predicted molar refractivity (Wildman–Crippen MR) is 129 cm³/mol. The van der Waals surface area contributed by atoms with Gasteiger partial charge in [-0.3, -0.25) is 14.5 Å². The first kappa shape index (κ1) is 22.9. The van der Waals surface area contributed by atoms with Gasteiger partial charge in [-0.05, 0) is 91.9 Å². The second-order valence-electron chi connectivity index (χ2n) is 8.99. The van der Waals surface area contributed by atoms with Crippen molar-refractivity contribution in [3.8, 4) is 0 Å². The topological polar surface area (TPSA) is 40.6 Å². The predicted octanol–water partition coefficient (Wildman–Crippen LogP) is 6.83. The fourth-order valence-corrected chi connectivity index (χ4v) is 5.82. The summed E-state index contributed by atoms with van der Waals surface area (Å²) in [5.74, 6) is -0.368. The maximum Gasteiger partial charge on any atom is 0.293 e. The number of benzene rings is 2. The second kappa shape index (κ2) is 8.56. The van der Waals surface area contributed by atoms with Crippen molar-refractivity contribution in [2.24, 2.45) is 0 Å². The molecule has 2 aliphatic heterocycles. The minimum atomic E-state index is -0.359. The van der Waals surface area contributed by atoms with Crippen LogP contribution in [0.3, 0.4) is 0 Å². The van der Waals surface area contributed by atoms with Crippen LogP contribution in [0.4, 0.5) is 14.9 Å². The van der Waals surface area contributed by atoms with Gasteiger partial charge in [-0.2, -0.15) is 0 Å². The van der Waals surface area contributed by atoms with E-state index in [1.165, 1.54) is 22.6 Å². The van der Waals surface area contributed by atoms with Crippen molar-refractivity contribution in [2.45, 2.75) is 52.1 Å². The number of nitrogens with zero attached hydrogens (tertiary/aromatic N) is 2. The third-order valence-electron chi connectivity index (χ3n) is 6.23.